The Hall–Kier alpha value is -2.86. The van der Waals surface area contributed by atoms with Crippen molar-refractivity contribution in [2.24, 2.45) is 0 Å². The fraction of sp³-hybridized carbons (Fsp3) is 0.111. The number of ether oxygens (including phenoxy) is 2. The molecule has 0 aliphatic rings. The second-order valence-corrected chi connectivity index (χ2v) is 5.17. The Bertz CT molecular complexity index is 712. The predicted octanol–water partition coefficient (Wildman–Crippen LogP) is 3.39. The molecule has 0 aromatic heterocycles. The maximum absolute atomic E-state index is 12.1. The van der Waals surface area contributed by atoms with E-state index in [9.17, 15) is 4.79 Å². The first kappa shape index (κ1) is 17.5. The van der Waals surface area contributed by atoms with E-state index in [1.54, 1.807) is 49.6 Å². The average molecular weight is 342 g/mol. The zero-order chi connectivity index (χ0) is 17.4. The molecule has 0 aliphatic carbocycles. The van der Waals surface area contributed by atoms with Gasteiger partial charge in [0.25, 0.3) is 5.91 Å². The van der Waals surface area contributed by atoms with E-state index < -0.39 is 0 Å². The van der Waals surface area contributed by atoms with E-state index in [1.807, 2.05) is 12.1 Å². The predicted molar refractivity (Wildman–Crippen MR) is 98.8 cm³/mol. The van der Waals surface area contributed by atoms with E-state index in [-0.39, 0.29) is 11.0 Å². The lowest BCUT2D eigenvalue weighted by atomic mass is 10.2. The normalized spacial score (nSPS) is 9.71. The number of rotatable bonds is 6. The first-order valence-electron chi connectivity index (χ1n) is 7.22. The number of hydrogen-bond donors (Lipinski definition) is 2. The minimum Gasteiger partial charge on any atom is -0.497 e. The van der Waals surface area contributed by atoms with Gasteiger partial charge >= 0.3 is 0 Å². The summed E-state index contributed by atoms with van der Waals surface area (Å²) >= 11 is 5.15. The van der Waals surface area contributed by atoms with Gasteiger partial charge in [-0.3, -0.25) is 10.1 Å². The molecule has 2 N–H and O–H groups in total. The van der Waals surface area contributed by atoms with Crippen LogP contribution in [-0.4, -0.2) is 24.7 Å². The Morgan fingerprint density at radius 1 is 1.12 bits per heavy atom. The SMILES string of the molecule is C=CCOc1ccc(NC(=S)NC(=O)c2ccc(OC)cc2)cc1. The lowest BCUT2D eigenvalue weighted by molar-refractivity contribution is 0.0977. The van der Waals surface area contributed by atoms with Gasteiger partial charge in [-0.2, -0.15) is 0 Å². The standard InChI is InChI=1S/C18H18N2O3S/c1-3-12-23-16-10-6-14(7-11-16)19-18(24)20-17(21)13-4-8-15(22-2)9-5-13/h3-11H,1,12H2,2H3,(H2,19,20,21,24). The fourth-order valence-corrected chi connectivity index (χ4v) is 2.08. The first-order chi connectivity index (χ1) is 11.6. The summed E-state index contributed by atoms with van der Waals surface area (Å²) in [7, 11) is 1.57. The third kappa shape index (κ3) is 5.10. The number of hydrogen-bond acceptors (Lipinski definition) is 4. The Kier molecular flexibility index (Phi) is 6.33. The van der Waals surface area contributed by atoms with Crippen molar-refractivity contribution in [2.45, 2.75) is 0 Å². The van der Waals surface area contributed by atoms with Crippen molar-refractivity contribution in [1.82, 2.24) is 5.32 Å². The molecule has 0 atom stereocenters. The summed E-state index contributed by atoms with van der Waals surface area (Å²) in [6.45, 7) is 4.04. The van der Waals surface area contributed by atoms with Crippen LogP contribution < -0.4 is 20.1 Å². The minimum absolute atomic E-state index is 0.218. The quantitative estimate of drug-likeness (QED) is 0.622. The molecule has 5 nitrogen and oxygen atoms in total. The Morgan fingerprint density at radius 2 is 1.75 bits per heavy atom. The second kappa shape index (κ2) is 8.69. The highest BCUT2D eigenvalue weighted by Gasteiger charge is 2.08. The summed E-state index contributed by atoms with van der Waals surface area (Å²) in [5, 5.41) is 5.79. The van der Waals surface area contributed by atoms with Gasteiger partial charge < -0.3 is 14.8 Å². The number of methoxy groups -OCH3 is 1. The molecule has 0 spiro atoms. The Labute approximate surface area is 146 Å². The van der Waals surface area contributed by atoms with Crippen LogP contribution in [0.2, 0.25) is 0 Å². The average Bonchev–Trinajstić information content (AvgIpc) is 2.61. The van der Waals surface area contributed by atoms with E-state index in [0.717, 1.165) is 11.4 Å². The van der Waals surface area contributed by atoms with Gasteiger partial charge in [-0.1, -0.05) is 12.7 Å². The van der Waals surface area contributed by atoms with Crippen LogP contribution in [0.3, 0.4) is 0 Å². The van der Waals surface area contributed by atoms with Crippen LogP contribution in [0.4, 0.5) is 5.69 Å². The monoisotopic (exact) mass is 342 g/mol. The zero-order valence-electron chi connectivity index (χ0n) is 13.2. The van der Waals surface area contributed by atoms with Gasteiger partial charge in [0.05, 0.1) is 7.11 Å². The van der Waals surface area contributed by atoms with Crippen LogP contribution in [0.25, 0.3) is 0 Å². The number of benzene rings is 2. The number of amides is 1. The van der Waals surface area contributed by atoms with Gasteiger partial charge in [0.15, 0.2) is 5.11 Å². The summed E-state index contributed by atoms with van der Waals surface area (Å²) in [6, 6.07) is 14.0. The molecule has 0 aliphatic heterocycles. The summed E-state index contributed by atoms with van der Waals surface area (Å²) < 4.78 is 10.5. The largest absolute Gasteiger partial charge is 0.497 e. The van der Waals surface area contributed by atoms with E-state index in [4.69, 9.17) is 21.7 Å². The fourth-order valence-electron chi connectivity index (χ4n) is 1.87. The summed E-state index contributed by atoms with van der Waals surface area (Å²) in [5.74, 6) is 1.13. The van der Waals surface area contributed by atoms with Gasteiger partial charge in [-0.25, -0.2) is 0 Å². The molecule has 124 valence electrons. The molecule has 0 unspecified atom stereocenters. The number of thiocarbonyl (C=S) groups is 1. The number of nitrogens with one attached hydrogen (secondary N) is 2. The molecule has 24 heavy (non-hydrogen) atoms. The number of carbonyl (C=O) groups excluding carboxylic acids is 1. The highest BCUT2D eigenvalue weighted by Crippen LogP contribution is 2.16. The van der Waals surface area contributed by atoms with Crippen molar-refractivity contribution in [1.29, 1.82) is 0 Å². The van der Waals surface area contributed by atoms with Crippen LogP contribution >= 0.6 is 12.2 Å². The molecular weight excluding hydrogens is 324 g/mol. The Balaban J connectivity index is 1.89. The van der Waals surface area contributed by atoms with Crippen molar-refractivity contribution in [3.05, 3.63) is 66.7 Å². The maximum Gasteiger partial charge on any atom is 0.257 e. The molecule has 2 aromatic carbocycles. The molecular formula is C18H18N2O3S. The van der Waals surface area contributed by atoms with Crippen LogP contribution in [0.15, 0.2) is 61.2 Å². The zero-order valence-corrected chi connectivity index (χ0v) is 14.1. The van der Waals surface area contributed by atoms with Crippen molar-refractivity contribution in [3.8, 4) is 11.5 Å². The molecule has 0 saturated heterocycles. The van der Waals surface area contributed by atoms with E-state index in [0.29, 0.717) is 17.9 Å². The van der Waals surface area contributed by atoms with Gasteiger partial charge in [0.1, 0.15) is 18.1 Å². The lowest BCUT2D eigenvalue weighted by Crippen LogP contribution is -2.34. The van der Waals surface area contributed by atoms with Gasteiger partial charge in [-0.05, 0) is 60.7 Å². The summed E-state index contributed by atoms with van der Waals surface area (Å²) in [4.78, 5) is 12.1. The highest BCUT2D eigenvalue weighted by molar-refractivity contribution is 7.80. The van der Waals surface area contributed by atoms with Crippen LogP contribution in [0.5, 0.6) is 11.5 Å². The molecule has 6 heteroatoms. The third-order valence-corrected chi connectivity index (χ3v) is 3.26. The van der Waals surface area contributed by atoms with Crippen LogP contribution in [-0.2, 0) is 0 Å². The lowest BCUT2D eigenvalue weighted by Gasteiger charge is -2.10. The molecule has 0 saturated carbocycles. The molecule has 2 aromatic rings. The molecule has 0 bridgehead atoms. The smallest absolute Gasteiger partial charge is 0.257 e. The molecule has 0 heterocycles. The third-order valence-electron chi connectivity index (χ3n) is 3.06. The molecule has 0 fully saturated rings. The highest BCUT2D eigenvalue weighted by atomic mass is 32.1. The van der Waals surface area contributed by atoms with Crippen LogP contribution in [0, 0.1) is 0 Å². The first-order valence-corrected chi connectivity index (χ1v) is 7.63. The van der Waals surface area contributed by atoms with Crippen molar-refractivity contribution in [2.75, 3.05) is 19.0 Å². The topological polar surface area (TPSA) is 59.6 Å². The summed E-state index contributed by atoms with van der Waals surface area (Å²) in [5.41, 5.74) is 1.24. The van der Waals surface area contributed by atoms with Crippen molar-refractivity contribution >= 4 is 28.9 Å². The maximum atomic E-state index is 12.1. The van der Waals surface area contributed by atoms with Crippen molar-refractivity contribution in [3.63, 3.8) is 0 Å². The van der Waals surface area contributed by atoms with Gasteiger partial charge in [-0.15, -0.1) is 0 Å². The van der Waals surface area contributed by atoms with E-state index in [1.165, 1.54) is 0 Å². The van der Waals surface area contributed by atoms with Gasteiger partial charge in [0, 0.05) is 11.3 Å². The van der Waals surface area contributed by atoms with Crippen LogP contribution in [0.1, 0.15) is 10.4 Å². The Morgan fingerprint density at radius 3 is 2.33 bits per heavy atom. The number of carbonyl (C=O) groups is 1. The molecule has 0 radical (unpaired) electrons. The minimum atomic E-state index is -0.291. The van der Waals surface area contributed by atoms with E-state index >= 15 is 0 Å². The summed E-state index contributed by atoms with van der Waals surface area (Å²) in [6.07, 6.45) is 1.68. The number of anilines is 1. The molecule has 2 rings (SSSR count). The van der Waals surface area contributed by atoms with E-state index in [2.05, 4.69) is 17.2 Å². The van der Waals surface area contributed by atoms with Crippen molar-refractivity contribution < 1.29 is 14.3 Å². The molecule has 1 amide bonds. The second-order valence-electron chi connectivity index (χ2n) is 4.76. The van der Waals surface area contributed by atoms with Gasteiger partial charge in [0.2, 0.25) is 0 Å².